The summed E-state index contributed by atoms with van der Waals surface area (Å²) in [5.41, 5.74) is 1.44. The smallest absolute Gasteiger partial charge is 0.163 e. The van der Waals surface area contributed by atoms with Crippen molar-refractivity contribution in [3.05, 3.63) is 35.4 Å². The van der Waals surface area contributed by atoms with E-state index in [-0.39, 0.29) is 11.2 Å². The number of hydrogen-bond donors (Lipinski definition) is 0. The molecule has 1 aromatic carbocycles. The van der Waals surface area contributed by atoms with Gasteiger partial charge in [-0.05, 0) is 29.9 Å². The van der Waals surface area contributed by atoms with Crippen LogP contribution in [0.1, 0.15) is 56.5 Å². The van der Waals surface area contributed by atoms with Crippen LogP contribution in [0, 0.1) is 22.7 Å². The van der Waals surface area contributed by atoms with Crippen LogP contribution in [-0.2, 0) is 0 Å². The maximum atomic E-state index is 12.1. The minimum Gasteiger partial charge on any atom is -0.294 e. The first-order valence-corrected chi connectivity index (χ1v) is 6.35. The second-order valence-corrected chi connectivity index (χ2v) is 6.19. The highest BCUT2D eigenvalue weighted by atomic mass is 16.1. The first-order valence-electron chi connectivity index (χ1n) is 6.35. The Labute approximate surface area is 110 Å². The zero-order valence-electron chi connectivity index (χ0n) is 11.7. The molecule has 1 unspecified atom stereocenters. The molecule has 18 heavy (non-hydrogen) atoms. The van der Waals surface area contributed by atoms with Gasteiger partial charge in [0.25, 0.3) is 0 Å². The predicted molar refractivity (Wildman–Crippen MR) is 73.3 cm³/mol. The molecule has 2 nitrogen and oxygen atoms in total. The Morgan fingerprint density at radius 1 is 1.39 bits per heavy atom. The highest BCUT2D eigenvalue weighted by Gasteiger charge is 2.18. The number of nitriles is 1. The Morgan fingerprint density at radius 3 is 2.61 bits per heavy atom. The van der Waals surface area contributed by atoms with Crippen molar-refractivity contribution < 1.29 is 4.79 Å². The van der Waals surface area contributed by atoms with Gasteiger partial charge in [-0.3, -0.25) is 4.79 Å². The second kappa shape index (κ2) is 5.82. The summed E-state index contributed by atoms with van der Waals surface area (Å²) in [6.07, 6.45) is 1.57. The predicted octanol–water partition coefficient (Wildman–Crippen LogP) is 4.20. The molecule has 0 spiro atoms. The Bertz CT molecular complexity index is 463. The summed E-state index contributed by atoms with van der Waals surface area (Å²) in [4.78, 5) is 12.1. The third kappa shape index (κ3) is 4.71. The van der Waals surface area contributed by atoms with E-state index in [1.165, 1.54) is 0 Å². The summed E-state index contributed by atoms with van der Waals surface area (Å²) < 4.78 is 0. The number of Topliss-reactive ketones (excluding diaryl/α,β-unsaturated/α-hetero) is 1. The topological polar surface area (TPSA) is 40.9 Å². The fraction of sp³-hybridized carbons (Fsp3) is 0.500. The molecule has 0 saturated heterocycles. The van der Waals surface area contributed by atoms with E-state index in [2.05, 4.69) is 33.8 Å². The van der Waals surface area contributed by atoms with Crippen LogP contribution in [-0.4, -0.2) is 5.78 Å². The summed E-state index contributed by atoms with van der Waals surface area (Å²) in [6.45, 7) is 8.66. The third-order valence-electron chi connectivity index (χ3n) is 2.81. The summed E-state index contributed by atoms with van der Waals surface area (Å²) in [6, 6.07) is 9.00. The SMILES string of the molecule is CC(CC(=O)c1cccc(C#N)c1)CC(C)(C)C. The van der Waals surface area contributed by atoms with Crippen LogP contribution in [0.2, 0.25) is 0 Å². The monoisotopic (exact) mass is 243 g/mol. The van der Waals surface area contributed by atoms with Crippen LogP contribution in [0.5, 0.6) is 0 Å². The summed E-state index contributed by atoms with van der Waals surface area (Å²) in [5.74, 6) is 0.493. The van der Waals surface area contributed by atoms with Crippen molar-refractivity contribution >= 4 is 5.78 Å². The lowest BCUT2D eigenvalue weighted by atomic mass is 9.83. The molecule has 0 N–H and O–H groups in total. The number of carbonyl (C=O) groups excluding carboxylic acids is 1. The summed E-state index contributed by atoms with van der Waals surface area (Å²) in [5, 5.41) is 8.82. The van der Waals surface area contributed by atoms with Gasteiger partial charge >= 0.3 is 0 Å². The quantitative estimate of drug-likeness (QED) is 0.743. The molecule has 0 aliphatic heterocycles. The lowest BCUT2D eigenvalue weighted by molar-refractivity contribution is 0.0954. The van der Waals surface area contributed by atoms with Crippen molar-refractivity contribution in [1.82, 2.24) is 0 Å². The van der Waals surface area contributed by atoms with Gasteiger partial charge in [0, 0.05) is 12.0 Å². The number of hydrogen-bond acceptors (Lipinski definition) is 2. The van der Waals surface area contributed by atoms with Gasteiger partial charge in [-0.25, -0.2) is 0 Å². The molecule has 2 heteroatoms. The minimum absolute atomic E-state index is 0.129. The third-order valence-corrected chi connectivity index (χ3v) is 2.81. The van der Waals surface area contributed by atoms with Gasteiger partial charge in [-0.1, -0.05) is 39.8 Å². The van der Waals surface area contributed by atoms with Crippen molar-refractivity contribution in [1.29, 1.82) is 5.26 Å². The first kappa shape index (κ1) is 14.4. The van der Waals surface area contributed by atoms with Crippen LogP contribution in [0.3, 0.4) is 0 Å². The lowest BCUT2D eigenvalue weighted by Gasteiger charge is -2.22. The van der Waals surface area contributed by atoms with Crippen molar-refractivity contribution in [2.75, 3.05) is 0 Å². The number of benzene rings is 1. The number of nitrogens with zero attached hydrogens (tertiary/aromatic N) is 1. The van der Waals surface area contributed by atoms with E-state index < -0.39 is 0 Å². The van der Waals surface area contributed by atoms with E-state index in [9.17, 15) is 4.79 Å². The Kier molecular flexibility index (Phi) is 4.67. The molecule has 0 saturated carbocycles. The summed E-state index contributed by atoms with van der Waals surface area (Å²) >= 11 is 0. The molecule has 0 heterocycles. The number of ketones is 1. The first-order chi connectivity index (χ1) is 8.31. The molecule has 1 rings (SSSR count). The van der Waals surface area contributed by atoms with Crippen LogP contribution < -0.4 is 0 Å². The molecule has 0 radical (unpaired) electrons. The zero-order valence-corrected chi connectivity index (χ0v) is 11.7. The lowest BCUT2D eigenvalue weighted by Crippen LogP contribution is -2.14. The fourth-order valence-electron chi connectivity index (χ4n) is 2.31. The van der Waals surface area contributed by atoms with E-state index in [0.29, 0.717) is 23.5 Å². The largest absolute Gasteiger partial charge is 0.294 e. The van der Waals surface area contributed by atoms with E-state index >= 15 is 0 Å². The Morgan fingerprint density at radius 2 is 2.06 bits per heavy atom. The maximum Gasteiger partial charge on any atom is 0.163 e. The second-order valence-electron chi connectivity index (χ2n) is 6.19. The van der Waals surface area contributed by atoms with Crippen molar-refractivity contribution in [2.45, 2.75) is 40.5 Å². The van der Waals surface area contributed by atoms with Gasteiger partial charge in [-0.2, -0.15) is 5.26 Å². The van der Waals surface area contributed by atoms with Crippen molar-refractivity contribution in [3.8, 4) is 6.07 Å². The highest BCUT2D eigenvalue weighted by molar-refractivity contribution is 5.96. The standard InChI is InChI=1S/C16H21NO/c1-12(10-16(2,3)4)8-15(18)14-7-5-6-13(9-14)11-17/h5-7,9,12H,8,10H2,1-4H3. The summed E-state index contributed by atoms with van der Waals surface area (Å²) in [7, 11) is 0. The molecule has 0 amide bonds. The molecular formula is C16H21NO. The van der Waals surface area contributed by atoms with Gasteiger partial charge in [0.2, 0.25) is 0 Å². The van der Waals surface area contributed by atoms with Crippen molar-refractivity contribution in [2.24, 2.45) is 11.3 Å². The average molecular weight is 243 g/mol. The molecule has 0 aromatic heterocycles. The van der Waals surface area contributed by atoms with Crippen LogP contribution in [0.4, 0.5) is 0 Å². The van der Waals surface area contributed by atoms with Gasteiger partial charge in [0.05, 0.1) is 11.6 Å². The van der Waals surface area contributed by atoms with Gasteiger partial charge < -0.3 is 0 Å². The molecule has 0 aliphatic rings. The molecule has 0 fully saturated rings. The molecule has 96 valence electrons. The van der Waals surface area contributed by atoms with Gasteiger partial charge in [0.1, 0.15) is 0 Å². The highest BCUT2D eigenvalue weighted by Crippen LogP contribution is 2.26. The molecule has 1 atom stereocenters. The zero-order chi connectivity index (χ0) is 13.8. The molecule has 0 aliphatic carbocycles. The molecule has 1 aromatic rings. The van der Waals surface area contributed by atoms with Crippen LogP contribution in [0.15, 0.2) is 24.3 Å². The molecular weight excluding hydrogens is 222 g/mol. The normalized spacial score (nSPS) is 12.8. The van der Waals surface area contributed by atoms with Gasteiger partial charge in [0.15, 0.2) is 5.78 Å². The van der Waals surface area contributed by atoms with E-state index in [4.69, 9.17) is 5.26 Å². The molecule has 0 bridgehead atoms. The Hall–Kier alpha value is -1.62. The Balaban J connectivity index is 2.68. The number of rotatable bonds is 4. The maximum absolute atomic E-state index is 12.1. The van der Waals surface area contributed by atoms with Crippen molar-refractivity contribution in [3.63, 3.8) is 0 Å². The fourth-order valence-corrected chi connectivity index (χ4v) is 2.31. The average Bonchev–Trinajstić information content (AvgIpc) is 2.26. The number of carbonyl (C=O) groups is 1. The van der Waals surface area contributed by atoms with Crippen LogP contribution in [0.25, 0.3) is 0 Å². The van der Waals surface area contributed by atoms with Crippen LogP contribution >= 0.6 is 0 Å². The van der Waals surface area contributed by atoms with E-state index in [0.717, 1.165) is 6.42 Å². The van der Waals surface area contributed by atoms with Gasteiger partial charge in [-0.15, -0.1) is 0 Å². The minimum atomic E-state index is 0.129. The van der Waals surface area contributed by atoms with E-state index in [1.807, 2.05) is 0 Å². The van der Waals surface area contributed by atoms with E-state index in [1.54, 1.807) is 24.3 Å².